The Morgan fingerprint density at radius 3 is 1.74 bits per heavy atom. The van der Waals surface area contributed by atoms with Crippen LogP contribution in [0.25, 0.3) is 0 Å². The quantitative estimate of drug-likeness (QED) is 0.214. The average Bonchev–Trinajstić information content (AvgIpc) is 2.99. The first-order valence-corrected chi connectivity index (χ1v) is 12.0. The number of esters is 2. The first-order chi connectivity index (χ1) is 20.6. The Labute approximate surface area is 247 Å². The van der Waals surface area contributed by atoms with Gasteiger partial charge >= 0.3 is 17.9 Å². The summed E-state index contributed by atoms with van der Waals surface area (Å²) in [6.07, 6.45) is 1.89. The number of carbonyl (C=O) groups is 4. The van der Waals surface area contributed by atoms with E-state index in [9.17, 15) is 19.2 Å². The number of anilines is 2. The van der Waals surface area contributed by atoms with Gasteiger partial charge in [0.25, 0.3) is 0 Å². The van der Waals surface area contributed by atoms with Gasteiger partial charge < -0.3 is 44.6 Å². The zero-order valence-electron chi connectivity index (χ0n) is 23.9. The molecule has 0 aliphatic carbocycles. The van der Waals surface area contributed by atoms with Gasteiger partial charge in [-0.25, -0.2) is 19.6 Å². The van der Waals surface area contributed by atoms with Gasteiger partial charge in [-0.15, -0.1) is 0 Å². The first-order valence-electron chi connectivity index (χ1n) is 12.0. The van der Waals surface area contributed by atoms with Crippen LogP contribution in [0.1, 0.15) is 33.6 Å². The lowest BCUT2D eigenvalue weighted by molar-refractivity contribution is -0.135. The second kappa shape index (κ2) is 22.2. The van der Waals surface area contributed by atoms with E-state index in [1.54, 1.807) is 13.2 Å². The molecule has 2 heterocycles. The highest BCUT2D eigenvalue weighted by atomic mass is 16.5. The summed E-state index contributed by atoms with van der Waals surface area (Å²) >= 11 is 0. The van der Waals surface area contributed by atoms with Crippen LogP contribution in [-0.2, 0) is 28.5 Å². The van der Waals surface area contributed by atoms with E-state index in [0.29, 0.717) is 25.7 Å². The molecule has 232 valence electrons. The number of rotatable bonds is 13. The largest absolute Gasteiger partial charge is 0.480 e. The van der Waals surface area contributed by atoms with Gasteiger partial charge in [-0.1, -0.05) is 0 Å². The summed E-state index contributed by atoms with van der Waals surface area (Å²) in [5.41, 5.74) is 6.32. The van der Waals surface area contributed by atoms with Gasteiger partial charge in [-0.3, -0.25) is 9.59 Å². The molecule has 0 spiro atoms. The molecule has 0 aromatic carbocycles. The predicted molar refractivity (Wildman–Crippen MR) is 147 cm³/mol. The van der Waals surface area contributed by atoms with Crippen LogP contribution in [0.4, 0.5) is 11.4 Å². The van der Waals surface area contributed by atoms with Crippen LogP contribution in [0.15, 0.2) is 24.5 Å². The van der Waals surface area contributed by atoms with E-state index >= 15 is 0 Å². The number of carbonyl (C=O) groups excluding carboxylic acids is 3. The Bertz CT molecular complexity index is 1290. The molecular weight excluding hydrogens is 572 g/mol. The molecule has 0 unspecified atom stereocenters. The van der Waals surface area contributed by atoms with Crippen LogP contribution < -0.4 is 20.5 Å². The SMILES string of the molecule is COCCOc1cc(C(=O)OC)c(N)cn1.COCCOc1cc(C(=O)OC)c(NC(=O)CC#N)cn1.N#CCC(=O)O. The third-order valence-electron chi connectivity index (χ3n) is 4.42. The molecule has 2 aromatic heterocycles. The van der Waals surface area contributed by atoms with Crippen molar-refractivity contribution in [1.82, 2.24) is 9.97 Å². The zero-order valence-corrected chi connectivity index (χ0v) is 23.9. The number of methoxy groups -OCH3 is 4. The molecule has 2 rings (SSSR count). The molecule has 0 atom stereocenters. The molecule has 0 fully saturated rings. The van der Waals surface area contributed by atoms with Crippen LogP contribution in [0, 0.1) is 22.7 Å². The van der Waals surface area contributed by atoms with Crippen molar-refractivity contribution in [2.24, 2.45) is 0 Å². The second-order valence-electron chi connectivity index (χ2n) is 7.46. The number of hydrogen-bond donors (Lipinski definition) is 3. The molecular formula is C26H32N6O11. The maximum Gasteiger partial charge on any atom is 0.340 e. The number of nitrogens with one attached hydrogen (secondary N) is 1. The molecule has 0 saturated heterocycles. The number of nitrogens with two attached hydrogens (primary N) is 1. The smallest absolute Gasteiger partial charge is 0.340 e. The highest BCUT2D eigenvalue weighted by Gasteiger charge is 2.16. The zero-order chi connectivity index (χ0) is 32.6. The highest BCUT2D eigenvalue weighted by Crippen LogP contribution is 2.21. The minimum Gasteiger partial charge on any atom is -0.480 e. The standard InChI is InChI=1S/C13H15N3O5.C10H14N2O4.C3H3NO2/c1-19-5-6-21-12-7-9(13(18)20-2)10(8-15-12)16-11(17)3-4-14;1-14-3-4-16-9-5-7(10(13)15-2)8(11)6-12-9;4-2-1-3(5)6/h7-8H,3,5-6H2,1-2H3,(H,16,17);5-6H,3-4,11H2,1-2H3;1H2,(H,5,6). The molecule has 43 heavy (non-hydrogen) atoms. The monoisotopic (exact) mass is 604 g/mol. The summed E-state index contributed by atoms with van der Waals surface area (Å²) in [7, 11) is 5.60. The lowest BCUT2D eigenvalue weighted by Gasteiger charge is -2.11. The van der Waals surface area contributed by atoms with E-state index in [2.05, 4.69) is 24.8 Å². The molecule has 17 heteroatoms. The molecule has 17 nitrogen and oxygen atoms in total. The number of carboxylic acid groups (broad SMARTS) is 1. The van der Waals surface area contributed by atoms with Crippen molar-refractivity contribution in [1.29, 1.82) is 10.5 Å². The average molecular weight is 605 g/mol. The van der Waals surface area contributed by atoms with E-state index in [0.717, 1.165) is 0 Å². The number of nitrogen functional groups attached to an aromatic ring is 1. The number of pyridine rings is 2. The summed E-state index contributed by atoms with van der Waals surface area (Å²) in [5.74, 6) is -2.27. The maximum absolute atomic E-state index is 11.7. The van der Waals surface area contributed by atoms with Crippen molar-refractivity contribution < 1.29 is 52.7 Å². The van der Waals surface area contributed by atoms with Crippen LogP contribution in [0.2, 0.25) is 0 Å². The van der Waals surface area contributed by atoms with Gasteiger partial charge in [-0.2, -0.15) is 10.5 Å². The van der Waals surface area contributed by atoms with E-state index in [4.69, 9.17) is 40.3 Å². The van der Waals surface area contributed by atoms with Crippen molar-refractivity contribution in [3.63, 3.8) is 0 Å². The first kappa shape index (κ1) is 37.5. The topological polar surface area (TPSA) is 255 Å². The Morgan fingerprint density at radius 1 is 0.814 bits per heavy atom. The summed E-state index contributed by atoms with van der Waals surface area (Å²) in [5, 5.41) is 26.2. The van der Waals surface area contributed by atoms with E-state index in [-0.39, 0.29) is 41.4 Å². The van der Waals surface area contributed by atoms with Crippen LogP contribution >= 0.6 is 0 Å². The number of amides is 1. The van der Waals surface area contributed by atoms with Crippen molar-refractivity contribution in [3.05, 3.63) is 35.7 Å². The minimum absolute atomic E-state index is 0.0891. The second-order valence-corrected chi connectivity index (χ2v) is 7.46. The number of nitrogens with zero attached hydrogens (tertiary/aromatic N) is 4. The summed E-state index contributed by atoms with van der Waals surface area (Å²) in [4.78, 5) is 51.7. The van der Waals surface area contributed by atoms with Gasteiger partial charge in [0.15, 0.2) is 0 Å². The Morgan fingerprint density at radius 2 is 1.30 bits per heavy atom. The third-order valence-corrected chi connectivity index (χ3v) is 4.42. The van der Waals surface area contributed by atoms with Crippen molar-refractivity contribution >= 4 is 35.2 Å². The van der Waals surface area contributed by atoms with Crippen LogP contribution in [-0.4, -0.2) is 93.8 Å². The van der Waals surface area contributed by atoms with E-state index < -0.39 is 30.2 Å². The fourth-order valence-electron chi connectivity index (χ4n) is 2.50. The fraction of sp³-hybridized carbons (Fsp3) is 0.385. The summed E-state index contributed by atoms with van der Waals surface area (Å²) in [6, 6.07) is 5.97. The molecule has 0 aliphatic heterocycles. The summed E-state index contributed by atoms with van der Waals surface area (Å²) < 4.78 is 29.4. The Balaban J connectivity index is 0.000000707. The summed E-state index contributed by atoms with van der Waals surface area (Å²) in [6.45, 7) is 1.44. The van der Waals surface area contributed by atoms with Gasteiger partial charge in [0.1, 0.15) is 26.1 Å². The predicted octanol–water partition coefficient (Wildman–Crippen LogP) is 1.21. The van der Waals surface area contributed by atoms with Crippen LogP contribution in [0.3, 0.4) is 0 Å². The van der Waals surface area contributed by atoms with Gasteiger partial charge in [0.05, 0.1) is 74.5 Å². The molecule has 0 aliphatic rings. The Hall–Kier alpha value is -5.52. The van der Waals surface area contributed by atoms with Crippen molar-refractivity contribution in [3.8, 4) is 23.9 Å². The fourth-order valence-corrected chi connectivity index (χ4v) is 2.50. The lowest BCUT2D eigenvalue weighted by atomic mass is 10.2. The van der Waals surface area contributed by atoms with Crippen molar-refractivity contribution in [2.45, 2.75) is 12.8 Å². The molecule has 0 bridgehead atoms. The molecule has 4 N–H and O–H groups in total. The molecule has 2 aromatic rings. The van der Waals surface area contributed by atoms with Gasteiger partial charge in [-0.05, 0) is 0 Å². The number of aromatic nitrogens is 2. The number of hydrogen-bond acceptors (Lipinski definition) is 15. The van der Waals surface area contributed by atoms with Crippen molar-refractivity contribution in [2.75, 3.05) is 65.9 Å². The number of ether oxygens (including phenoxy) is 6. The minimum atomic E-state index is -1.07. The molecule has 0 radical (unpaired) electrons. The number of aliphatic carboxylic acids is 1. The van der Waals surface area contributed by atoms with E-state index in [1.165, 1.54) is 51.9 Å². The van der Waals surface area contributed by atoms with Crippen LogP contribution in [0.5, 0.6) is 11.8 Å². The third kappa shape index (κ3) is 15.7. The number of carboxylic acids is 1. The molecule has 0 saturated carbocycles. The highest BCUT2D eigenvalue weighted by molar-refractivity contribution is 6.01. The number of nitriles is 2. The normalized spacial score (nSPS) is 9.26. The van der Waals surface area contributed by atoms with Gasteiger partial charge in [0.2, 0.25) is 17.7 Å². The Kier molecular flexibility index (Phi) is 19.4. The maximum atomic E-state index is 11.7. The van der Waals surface area contributed by atoms with E-state index in [1.807, 2.05) is 0 Å². The molecule has 1 amide bonds. The van der Waals surface area contributed by atoms with Gasteiger partial charge in [0, 0.05) is 26.4 Å². The lowest BCUT2D eigenvalue weighted by Crippen LogP contribution is -2.15.